The number of halogens is 1. The summed E-state index contributed by atoms with van der Waals surface area (Å²) in [6.45, 7) is 3.52. The monoisotopic (exact) mass is 268 g/mol. The van der Waals surface area contributed by atoms with Gasteiger partial charge < -0.3 is 15.3 Å². The Morgan fingerprint density at radius 2 is 2.26 bits per heavy atom. The first kappa shape index (κ1) is 14.0. The van der Waals surface area contributed by atoms with Crippen LogP contribution in [0.2, 0.25) is 0 Å². The number of rotatable bonds is 6. The van der Waals surface area contributed by atoms with E-state index in [1.54, 1.807) is 4.90 Å². The predicted octanol–water partition coefficient (Wildman–Crippen LogP) is 1.64. The highest BCUT2D eigenvalue weighted by molar-refractivity contribution is 5.43. The smallest absolute Gasteiger partial charge is 0.224 e. The van der Waals surface area contributed by atoms with E-state index in [4.69, 9.17) is 0 Å². The number of anilines is 2. The molecule has 0 atom stereocenters. The fourth-order valence-electron chi connectivity index (χ4n) is 2.27. The molecule has 2 N–H and O–H groups in total. The second kappa shape index (κ2) is 6.14. The minimum atomic E-state index is -0.413. The van der Waals surface area contributed by atoms with Crippen LogP contribution in [-0.2, 0) is 0 Å². The Labute approximate surface area is 112 Å². The van der Waals surface area contributed by atoms with E-state index in [0.29, 0.717) is 24.2 Å². The number of nitrogens with one attached hydrogen (secondary N) is 1. The molecule has 0 amide bonds. The number of hydrogen-bond acceptors (Lipinski definition) is 5. The average Bonchev–Trinajstić information content (AvgIpc) is 2.35. The van der Waals surface area contributed by atoms with Crippen molar-refractivity contribution in [2.75, 3.05) is 30.4 Å². The van der Waals surface area contributed by atoms with Gasteiger partial charge in [-0.3, -0.25) is 0 Å². The molecule has 1 aliphatic carbocycles. The summed E-state index contributed by atoms with van der Waals surface area (Å²) < 4.78 is 13.7. The van der Waals surface area contributed by atoms with Crippen molar-refractivity contribution in [3.05, 3.63) is 12.0 Å². The van der Waals surface area contributed by atoms with E-state index in [1.165, 1.54) is 6.20 Å². The Balaban J connectivity index is 2.00. The van der Waals surface area contributed by atoms with Gasteiger partial charge in [-0.1, -0.05) is 6.92 Å². The highest BCUT2D eigenvalue weighted by atomic mass is 19.1. The minimum Gasteiger partial charge on any atom is -0.393 e. The van der Waals surface area contributed by atoms with Crippen LogP contribution in [0.4, 0.5) is 16.2 Å². The molecule has 0 aromatic carbocycles. The number of nitrogens with zero attached hydrogens (tertiary/aromatic N) is 3. The van der Waals surface area contributed by atoms with E-state index < -0.39 is 5.82 Å². The molecule has 1 fully saturated rings. The van der Waals surface area contributed by atoms with Crippen LogP contribution in [0.3, 0.4) is 0 Å². The van der Waals surface area contributed by atoms with Crippen LogP contribution in [0.25, 0.3) is 0 Å². The summed E-state index contributed by atoms with van der Waals surface area (Å²) in [6.07, 6.45) is 3.56. The Kier molecular flexibility index (Phi) is 4.52. The van der Waals surface area contributed by atoms with Crippen LogP contribution in [-0.4, -0.2) is 41.3 Å². The molecule has 0 spiro atoms. The fourth-order valence-corrected chi connectivity index (χ4v) is 2.27. The lowest BCUT2D eigenvalue weighted by molar-refractivity contribution is 0.0464. The van der Waals surface area contributed by atoms with Gasteiger partial charge in [-0.15, -0.1) is 0 Å². The van der Waals surface area contributed by atoms with Crippen LogP contribution >= 0.6 is 0 Å². The summed E-state index contributed by atoms with van der Waals surface area (Å²) in [5, 5.41) is 12.3. The van der Waals surface area contributed by atoms with Gasteiger partial charge in [-0.2, -0.15) is 4.98 Å². The molecule has 6 heteroatoms. The molecule has 0 aliphatic heterocycles. The summed E-state index contributed by atoms with van der Waals surface area (Å²) in [7, 11) is 1.82. The van der Waals surface area contributed by atoms with Crippen molar-refractivity contribution in [2.24, 2.45) is 5.92 Å². The van der Waals surface area contributed by atoms with Crippen molar-refractivity contribution >= 4 is 11.8 Å². The predicted molar refractivity (Wildman–Crippen MR) is 72.8 cm³/mol. The zero-order valence-corrected chi connectivity index (χ0v) is 11.4. The van der Waals surface area contributed by atoms with Crippen LogP contribution in [0.5, 0.6) is 0 Å². The Bertz CT molecular complexity index is 423. The molecule has 0 bridgehead atoms. The van der Waals surface area contributed by atoms with Crippen molar-refractivity contribution in [3.63, 3.8) is 0 Å². The molecule has 106 valence electrons. The van der Waals surface area contributed by atoms with Crippen molar-refractivity contribution in [2.45, 2.75) is 32.3 Å². The standard InChI is InChI=1S/C13H21FN4O/c1-3-4-15-13-16-7-11(14)12(17-13)18(2)8-9-5-10(19)6-9/h7,9-10,19H,3-6,8H2,1-2H3,(H,15,16,17). The Morgan fingerprint density at radius 3 is 2.89 bits per heavy atom. The van der Waals surface area contributed by atoms with Crippen LogP contribution < -0.4 is 10.2 Å². The van der Waals surface area contributed by atoms with E-state index in [0.717, 1.165) is 25.8 Å². The molecule has 0 radical (unpaired) electrons. The van der Waals surface area contributed by atoms with E-state index in [9.17, 15) is 9.50 Å². The summed E-state index contributed by atoms with van der Waals surface area (Å²) in [6, 6.07) is 0. The number of aromatic nitrogens is 2. The number of aliphatic hydroxyl groups excluding tert-OH is 1. The molecule has 1 heterocycles. The molecule has 2 rings (SSSR count). The third-order valence-corrected chi connectivity index (χ3v) is 3.36. The first-order chi connectivity index (χ1) is 9.10. The van der Waals surface area contributed by atoms with Crippen molar-refractivity contribution in [1.82, 2.24) is 9.97 Å². The van der Waals surface area contributed by atoms with E-state index in [-0.39, 0.29) is 6.10 Å². The maximum Gasteiger partial charge on any atom is 0.224 e. The first-order valence-electron chi connectivity index (χ1n) is 6.75. The second-order valence-corrected chi connectivity index (χ2v) is 5.16. The van der Waals surface area contributed by atoms with Gasteiger partial charge >= 0.3 is 0 Å². The topological polar surface area (TPSA) is 61.3 Å². The van der Waals surface area contributed by atoms with Gasteiger partial charge in [0, 0.05) is 20.1 Å². The Morgan fingerprint density at radius 1 is 1.53 bits per heavy atom. The molecule has 5 nitrogen and oxygen atoms in total. The number of aliphatic hydroxyl groups is 1. The summed E-state index contributed by atoms with van der Waals surface area (Å²) >= 11 is 0. The third kappa shape index (κ3) is 3.53. The van der Waals surface area contributed by atoms with Crippen molar-refractivity contribution in [3.8, 4) is 0 Å². The number of hydrogen-bond donors (Lipinski definition) is 2. The molecule has 19 heavy (non-hydrogen) atoms. The van der Waals surface area contributed by atoms with Crippen LogP contribution in [0.15, 0.2) is 6.20 Å². The van der Waals surface area contributed by atoms with E-state index in [1.807, 2.05) is 14.0 Å². The van der Waals surface area contributed by atoms with Crippen molar-refractivity contribution in [1.29, 1.82) is 0 Å². The van der Waals surface area contributed by atoms with Gasteiger partial charge in [-0.05, 0) is 25.2 Å². The molecular weight excluding hydrogens is 247 g/mol. The quantitative estimate of drug-likeness (QED) is 0.821. The molecular formula is C13H21FN4O. The van der Waals surface area contributed by atoms with Gasteiger partial charge in [-0.25, -0.2) is 9.37 Å². The van der Waals surface area contributed by atoms with E-state index >= 15 is 0 Å². The van der Waals surface area contributed by atoms with Gasteiger partial charge in [0.25, 0.3) is 0 Å². The second-order valence-electron chi connectivity index (χ2n) is 5.16. The normalized spacial score (nSPS) is 21.9. The molecule has 1 saturated carbocycles. The largest absolute Gasteiger partial charge is 0.393 e. The zero-order chi connectivity index (χ0) is 13.8. The molecule has 1 aliphatic rings. The molecule has 0 unspecified atom stereocenters. The summed E-state index contributed by atoms with van der Waals surface area (Å²) in [5.41, 5.74) is 0. The minimum absolute atomic E-state index is 0.185. The lowest BCUT2D eigenvalue weighted by Gasteiger charge is -2.34. The molecule has 1 aromatic heterocycles. The maximum absolute atomic E-state index is 13.7. The van der Waals surface area contributed by atoms with Crippen LogP contribution in [0.1, 0.15) is 26.2 Å². The van der Waals surface area contributed by atoms with Crippen molar-refractivity contribution < 1.29 is 9.50 Å². The van der Waals surface area contributed by atoms with Gasteiger partial charge in [0.15, 0.2) is 11.6 Å². The lowest BCUT2D eigenvalue weighted by atomic mass is 9.82. The lowest BCUT2D eigenvalue weighted by Crippen LogP contribution is -2.37. The van der Waals surface area contributed by atoms with E-state index in [2.05, 4.69) is 15.3 Å². The first-order valence-corrected chi connectivity index (χ1v) is 6.75. The average molecular weight is 268 g/mol. The maximum atomic E-state index is 13.7. The third-order valence-electron chi connectivity index (χ3n) is 3.36. The highest BCUT2D eigenvalue weighted by Gasteiger charge is 2.28. The van der Waals surface area contributed by atoms with Crippen LogP contribution in [0, 0.1) is 11.7 Å². The Hall–Kier alpha value is -1.43. The zero-order valence-electron chi connectivity index (χ0n) is 11.4. The summed E-state index contributed by atoms with van der Waals surface area (Å²) in [4.78, 5) is 9.92. The van der Waals surface area contributed by atoms with Gasteiger partial charge in [0.05, 0.1) is 12.3 Å². The summed E-state index contributed by atoms with van der Waals surface area (Å²) in [5.74, 6) is 0.777. The SMILES string of the molecule is CCCNc1ncc(F)c(N(C)CC2CC(O)C2)n1. The van der Waals surface area contributed by atoms with Gasteiger partial charge in [0.2, 0.25) is 5.95 Å². The molecule has 1 aromatic rings. The highest BCUT2D eigenvalue weighted by Crippen LogP contribution is 2.29. The fraction of sp³-hybridized carbons (Fsp3) is 0.692. The van der Waals surface area contributed by atoms with Gasteiger partial charge in [0.1, 0.15) is 0 Å². The molecule has 0 saturated heterocycles.